The number of nitriles is 1. The Labute approximate surface area is 117 Å². The normalized spacial score (nSPS) is 11.4. The van der Waals surface area contributed by atoms with Gasteiger partial charge in [0.15, 0.2) is 0 Å². The highest BCUT2D eigenvalue weighted by Gasteiger charge is 2.09. The summed E-state index contributed by atoms with van der Waals surface area (Å²) in [7, 11) is 0. The van der Waals surface area contributed by atoms with Crippen LogP contribution in [0.3, 0.4) is 0 Å². The first kappa shape index (κ1) is 14.6. The molecule has 18 heavy (non-hydrogen) atoms. The van der Waals surface area contributed by atoms with Gasteiger partial charge in [-0.05, 0) is 30.0 Å². The second kappa shape index (κ2) is 6.44. The van der Waals surface area contributed by atoms with Gasteiger partial charge in [-0.3, -0.25) is 0 Å². The Morgan fingerprint density at radius 1 is 1.39 bits per heavy atom. The highest BCUT2D eigenvalue weighted by Crippen LogP contribution is 2.21. The summed E-state index contributed by atoms with van der Waals surface area (Å²) in [6.07, 6.45) is 2.59. The highest BCUT2D eigenvalue weighted by atomic mass is 35.5. The monoisotopic (exact) mass is 281 g/mol. The van der Waals surface area contributed by atoms with Crippen LogP contribution in [0.15, 0.2) is 30.5 Å². The molecule has 0 spiro atoms. The number of imidazole rings is 1. The Kier molecular flexibility index (Phi) is 5.21. The van der Waals surface area contributed by atoms with Crippen molar-refractivity contribution in [2.75, 3.05) is 0 Å². The molecule has 0 bridgehead atoms. The molecule has 1 N–H and O–H groups in total. The van der Waals surface area contributed by atoms with Crippen LogP contribution in [0.25, 0.3) is 0 Å². The summed E-state index contributed by atoms with van der Waals surface area (Å²) in [4.78, 5) is 7.00. The maximum Gasteiger partial charge on any atom is 0.210 e. The molecule has 3 nitrogen and oxygen atoms in total. The summed E-state index contributed by atoms with van der Waals surface area (Å²) in [6, 6.07) is 9.80. The van der Waals surface area contributed by atoms with E-state index in [1.165, 1.54) is 5.56 Å². The summed E-state index contributed by atoms with van der Waals surface area (Å²) < 4.78 is 0. The molecule has 2 rings (SSSR count). The first-order valence-electron chi connectivity index (χ1n) is 5.39. The van der Waals surface area contributed by atoms with Crippen LogP contribution in [0.5, 0.6) is 0 Å². The zero-order chi connectivity index (χ0) is 12.3. The lowest BCUT2D eigenvalue weighted by Gasteiger charge is -2.09. The van der Waals surface area contributed by atoms with Gasteiger partial charge in [0.25, 0.3) is 0 Å². The van der Waals surface area contributed by atoms with Crippen LogP contribution >= 0.6 is 24.0 Å². The van der Waals surface area contributed by atoms with Crippen molar-refractivity contribution in [3.63, 3.8) is 0 Å². The second-order valence-electron chi connectivity index (χ2n) is 4.01. The van der Waals surface area contributed by atoms with E-state index < -0.39 is 0 Å². The average Bonchev–Trinajstić information content (AvgIpc) is 2.77. The van der Waals surface area contributed by atoms with Crippen LogP contribution < -0.4 is 0 Å². The number of halogens is 2. The molecule has 1 heterocycles. The minimum atomic E-state index is 0. The van der Waals surface area contributed by atoms with E-state index >= 15 is 0 Å². The molecule has 0 aliphatic rings. The molecular formula is C13H13Cl2N3. The van der Waals surface area contributed by atoms with Crippen molar-refractivity contribution in [3.8, 4) is 6.07 Å². The third-order valence-electron chi connectivity index (χ3n) is 2.69. The summed E-state index contributed by atoms with van der Waals surface area (Å²) in [6.45, 7) is 2.13. The number of rotatable bonds is 3. The van der Waals surface area contributed by atoms with Gasteiger partial charge in [0.2, 0.25) is 5.82 Å². The van der Waals surface area contributed by atoms with Crippen LogP contribution in [-0.4, -0.2) is 9.97 Å². The first-order valence-corrected chi connectivity index (χ1v) is 5.76. The second-order valence-corrected chi connectivity index (χ2v) is 4.45. The fourth-order valence-corrected chi connectivity index (χ4v) is 1.87. The molecule has 2 aromatic rings. The van der Waals surface area contributed by atoms with E-state index in [-0.39, 0.29) is 12.4 Å². The van der Waals surface area contributed by atoms with E-state index in [2.05, 4.69) is 16.9 Å². The van der Waals surface area contributed by atoms with Gasteiger partial charge in [-0.15, -0.1) is 12.4 Å². The molecule has 1 unspecified atom stereocenters. The number of nitrogens with one attached hydrogen (secondary N) is 1. The lowest BCUT2D eigenvalue weighted by Crippen LogP contribution is -1.98. The molecule has 1 aromatic heterocycles. The predicted octanol–water partition coefficient (Wildman–Crippen LogP) is 3.70. The van der Waals surface area contributed by atoms with E-state index in [9.17, 15) is 0 Å². The molecule has 0 amide bonds. The third-order valence-corrected chi connectivity index (χ3v) is 2.94. The van der Waals surface area contributed by atoms with E-state index in [1.807, 2.05) is 30.3 Å². The largest absolute Gasteiger partial charge is 0.336 e. The molecule has 1 atom stereocenters. The molecule has 5 heteroatoms. The maximum absolute atomic E-state index is 8.67. The fourth-order valence-electron chi connectivity index (χ4n) is 1.74. The van der Waals surface area contributed by atoms with E-state index in [0.29, 0.717) is 11.7 Å². The Hall–Kier alpha value is -1.50. The number of nitrogens with zero attached hydrogens (tertiary/aromatic N) is 2. The number of H-pyrrole nitrogens is 1. The van der Waals surface area contributed by atoms with Crippen LogP contribution in [-0.2, 0) is 6.42 Å². The molecular weight excluding hydrogens is 269 g/mol. The van der Waals surface area contributed by atoms with Crippen molar-refractivity contribution in [1.82, 2.24) is 9.97 Å². The predicted molar refractivity (Wildman–Crippen MR) is 74.1 cm³/mol. The average molecular weight is 282 g/mol. The summed E-state index contributed by atoms with van der Waals surface area (Å²) in [5, 5.41) is 9.42. The van der Waals surface area contributed by atoms with Crippen LogP contribution in [0, 0.1) is 11.3 Å². The summed E-state index contributed by atoms with van der Waals surface area (Å²) >= 11 is 5.85. The van der Waals surface area contributed by atoms with Crippen molar-refractivity contribution in [2.24, 2.45) is 0 Å². The molecule has 0 aliphatic heterocycles. The highest BCUT2D eigenvalue weighted by molar-refractivity contribution is 6.30. The molecule has 0 radical (unpaired) electrons. The third kappa shape index (κ3) is 3.49. The van der Waals surface area contributed by atoms with Crippen molar-refractivity contribution < 1.29 is 0 Å². The van der Waals surface area contributed by atoms with Crippen molar-refractivity contribution in [2.45, 2.75) is 19.3 Å². The molecule has 94 valence electrons. The Balaban J connectivity index is 0.00000162. The lowest BCUT2D eigenvalue weighted by molar-refractivity contribution is 0.744. The van der Waals surface area contributed by atoms with Crippen molar-refractivity contribution in [3.05, 3.63) is 52.6 Å². The van der Waals surface area contributed by atoms with Crippen LogP contribution in [0.4, 0.5) is 0 Å². The lowest BCUT2D eigenvalue weighted by atomic mass is 9.97. The Bertz CT molecular complexity index is 540. The number of hydrogen-bond acceptors (Lipinski definition) is 2. The van der Waals surface area contributed by atoms with Gasteiger partial charge in [-0.1, -0.05) is 30.7 Å². The molecule has 0 aliphatic carbocycles. The van der Waals surface area contributed by atoms with Crippen LogP contribution in [0.2, 0.25) is 5.02 Å². The number of hydrogen-bond donors (Lipinski definition) is 1. The Morgan fingerprint density at radius 2 is 2.06 bits per heavy atom. The Morgan fingerprint density at radius 3 is 2.61 bits per heavy atom. The van der Waals surface area contributed by atoms with Crippen LogP contribution in [0.1, 0.15) is 29.9 Å². The molecule has 0 saturated carbocycles. The van der Waals surface area contributed by atoms with Gasteiger partial charge in [-0.25, -0.2) is 4.98 Å². The van der Waals surface area contributed by atoms with Gasteiger partial charge in [-0.2, -0.15) is 5.26 Å². The topological polar surface area (TPSA) is 52.5 Å². The van der Waals surface area contributed by atoms with Gasteiger partial charge in [0.05, 0.1) is 5.69 Å². The van der Waals surface area contributed by atoms with Gasteiger partial charge >= 0.3 is 0 Å². The van der Waals surface area contributed by atoms with E-state index in [0.717, 1.165) is 17.1 Å². The van der Waals surface area contributed by atoms with Crippen molar-refractivity contribution >= 4 is 24.0 Å². The number of aromatic nitrogens is 2. The number of aromatic amines is 1. The zero-order valence-electron chi connectivity index (χ0n) is 9.85. The summed E-state index contributed by atoms with van der Waals surface area (Å²) in [5.41, 5.74) is 2.12. The summed E-state index contributed by atoms with van der Waals surface area (Å²) in [5.74, 6) is 0.713. The molecule has 0 saturated heterocycles. The fraction of sp³-hybridized carbons (Fsp3) is 0.231. The quantitative estimate of drug-likeness (QED) is 0.933. The number of benzene rings is 1. The van der Waals surface area contributed by atoms with Gasteiger partial charge in [0, 0.05) is 11.2 Å². The molecule has 0 fully saturated rings. The van der Waals surface area contributed by atoms with Gasteiger partial charge < -0.3 is 4.98 Å². The zero-order valence-corrected chi connectivity index (χ0v) is 11.4. The van der Waals surface area contributed by atoms with E-state index in [1.54, 1.807) is 6.20 Å². The van der Waals surface area contributed by atoms with Gasteiger partial charge in [0.1, 0.15) is 6.07 Å². The minimum Gasteiger partial charge on any atom is -0.336 e. The van der Waals surface area contributed by atoms with Crippen molar-refractivity contribution in [1.29, 1.82) is 5.26 Å². The standard InChI is InChI=1S/C13H12ClN3.ClH/c1-9(10-2-4-11(14)5-3-10)6-12-8-16-13(7-15)17-12;/h2-5,8-9H,6H2,1H3,(H,16,17);1H. The SMILES string of the molecule is CC(Cc1c[nH]c(C#N)n1)c1ccc(Cl)cc1.Cl. The minimum absolute atomic E-state index is 0. The maximum atomic E-state index is 8.67. The molecule has 1 aromatic carbocycles. The first-order chi connectivity index (χ1) is 8.19. The smallest absolute Gasteiger partial charge is 0.210 e. The van der Waals surface area contributed by atoms with E-state index in [4.69, 9.17) is 16.9 Å².